The molecule has 16 heavy (non-hydrogen) atoms. The molecule has 0 fully saturated rings. The average molecular weight is 215 g/mol. The molecule has 2 heterocycles. The number of anilines is 2. The summed E-state index contributed by atoms with van der Waals surface area (Å²) in [6, 6.07) is 5.82. The predicted molar refractivity (Wildman–Crippen MR) is 62.7 cm³/mol. The molecule has 1 unspecified atom stereocenters. The van der Waals surface area contributed by atoms with Crippen molar-refractivity contribution in [2.45, 2.75) is 13.0 Å². The number of nitrogen functional groups attached to an aromatic ring is 1. The van der Waals surface area contributed by atoms with E-state index in [9.17, 15) is 0 Å². The normalized spacial score (nSPS) is 12.1. The van der Waals surface area contributed by atoms with E-state index in [0.29, 0.717) is 5.82 Å². The van der Waals surface area contributed by atoms with Crippen LogP contribution in [0.3, 0.4) is 0 Å². The molecule has 0 bridgehead atoms. The molecule has 0 amide bonds. The first-order valence-electron chi connectivity index (χ1n) is 5.00. The lowest BCUT2D eigenvalue weighted by Gasteiger charge is -2.14. The summed E-state index contributed by atoms with van der Waals surface area (Å²) >= 11 is 0. The summed E-state index contributed by atoms with van der Waals surface area (Å²) in [6.45, 7) is 2.04. The number of aromatic nitrogens is 3. The third-order valence-electron chi connectivity index (χ3n) is 2.22. The molecule has 1 atom stereocenters. The lowest BCUT2D eigenvalue weighted by molar-refractivity contribution is 0.865. The van der Waals surface area contributed by atoms with Crippen LogP contribution < -0.4 is 11.1 Å². The van der Waals surface area contributed by atoms with Gasteiger partial charge in [-0.1, -0.05) is 6.07 Å². The highest BCUT2D eigenvalue weighted by molar-refractivity contribution is 5.39. The fraction of sp³-hybridized carbons (Fsp3) is 0.182. The molecule has 0 aliphatic carbocycles. The summed E-state index contributed by atoms with van der Waals surface area (Å²) in [5.41, 5.74) is 6.60. The first-order chi connectivity index (χ1) is 7.75. The summed E-state index contributed by atoms with van der Waals surface area (Å²) in [7, 11) is 0. The second-order valence-electron chi connectivity index (χ2n) is 3.45. The molecule has 5 nitrogen and oxygen atoms in total. The summed E-state index contributed by atoms with van der Waals surface area (Å²) in [4.78, 5) is 12.0. The van der Waals surface area contributed by atoms with Crippen LogP contribution in [0.4, 0.5) is 11.8 Å². The van der Waals surface area contributed by atoms with E-state index in [1.54, 1.807) is 18.5 Å². The monoisotopic (exact) mass is 215 g/mol. The van der Waals surface area contributed by atoms with Crippen molar-refractivity contribution in [3.05, 3.63) is 42.4 Å². The third-order valence-corrected chi connectivity index (χ3v) is 2.22. The zero-order chi connectivity index (χ0) is 11.4. The quantitative estimate of drug-likeness (QED) is 0.813. The van der Waals surface area contributed by atoms with Gasteiger partial charge in [-0.25, -0.2) is 4.98 Å². The van der Waals surface area contributed by atoms with E-state index in [-0.39, 0.29) is 12.0 Å². The van der Waals surface area contributed by atoms with Crippen LogP contribution in [0, 0.1) is 0 Å². The van der Waals surface area contributed by atoms with E-state index in [1.165, 1.54) is 0 Å². The fourth-order valence-electron chi connectivity index (χ4n) is 1.39. The van der Waals surface area contributed by atoms with E-state index < -0.39 is 0 Å². The smallest absolute Gasteiger partial charge is 0.221 e. The highest BCUT2D eigenvalue weighted by atomic mass is 15.1. The highest BCUT2D eigenvalue weighted by Gasteiger charge is 2.05. The second kappa shape index (κ2) is 4.57. The maximum Gasteiger partial charge on any atom is 0.221 e. The Hall–Kier alpha value is -2.17. The number of hydrogen-bond donors (Lipinski definition) is 2. The Bertz CT molecular complexity index is 457. The van der Waals surface area contributed by atoms with Crippen LogP contribution in [0.25, 0.3) is 0 Å². The van der Waals surface area contributed by atoms with Crippen molar-refractivity contribution in [3.63, 3.8) is 0 Å². The van der Waals surface area contributed by atoms with Crippen LogP contribution in [-0.4, -0.2) is 15.0 Å². The van der Waals surface area contributed by atoms with Gasteiger partial charge >= 0.3 is 0 Å². The number of rotatable bonds is 3. The van der Waals surface area contributed by atoms with Gasteiger partial charge in [-0.15, -0.1) is 0 Å². The van der Waals surface area contributed by atoms with Gasteiger partial charge in [0.15, 0.2) is 0 Å². The van der Waals surface area contributed by atoms with Gasteiger partial charge in [-0.3, -0.25) is 4.98 Å². The number of hydrogen-bond acceptors (Lipinski definition) is 5. The third kappa shape index (κ3) is 2.44. The molecule has 2 aromatic rings. The van der Waals surface area contributed by atoms with Gasteiger partial charge in [-0.2, -0.15) is 4.98 Å². The molecule has 82 valence electrons. The van der Waals surface area contributed by atoms with E-state index >= 15 is 0 Å². The number of pyridine rings is 1. The standard InChI is InChI=1S/C11H13N5/c1-8(9-3-2-5-13-7-9)15-10-4-6-14-11(12)16-10/h2-8H,1H3,(H3,12,14,15,16). The molecule has 2 aromatic heterocycles. The van der Waals surface area contributed by atoms with Crippen LogP contribution >= 0.6 is 0 Å². The SMILES string of the molecule is CC(Nc1ccnc(N)n1)c1cccnc1. The van der Waals surface area contributed by atoms with Crippen molar-refractivity contribution < 1.29 is 0 Å². The number of nitrogens with zero attached hydrogens (tertiary/aromatic N) is 3. The van der Waals surface area contributed by atoms with Gasteiger partial charge in [0.1, 0.15) is 5.82 Å². The first-order valence-corrected chi connectivity index (χ1v) is 5.00. The van der Waals surface area contributed by atoms with Gasteiger partial charge in [0.25, 0.3) is 0 Å². The minimum absolute atomic E-state index is 0.128. The van der Waals surface area contributed by atoms with Crippen LogP contribution in [0.5, 0.6) is 0 Å². The summed E-state index contributed by atoms with van der Waals surface area (Å²) < 4.78 is 0. The lowest BCUT2D eigenvalue weighted by atomic mass is 10.1. The summed E-state index contributed by atoms with van der Waals surface area (Å²) in [5.74, 6) is 0.979. The zero-order valence-corrected chi connectivity index (χ0v) is 8.96. The van der Waals surface area contributed by atoms with E-state index in [4.69, 9.17) is 5.73 Å². The summed E-state index contributed by atoms with van der Waals surface area (Å²) in [5, 5.41) is 3.23. The van der Waals surface area contributed by atoms with Gasteiger partial charge in [0, 0.05) is 18.6 Å². The zero-order valence-electron chi connectivity index (χ0n) is 8.96. The van der Waals surface area contributed by atoms with Crippen molar-refractivity contribution in [2.24, 2.45) is 0 Å². The Morgan fingerprint density at radius 2 is 2.19 bits per heavy atom. The molecule has 0 radical (unpaired) electrons. The minimum atomic E-state index is 0.128. The van der Waals surface area contributed by atoms with Crippen LogP contribution in [0.2, 0.25) is 0 Å². The van der Waals surface area contributed by atoms with Gasteiger partial charge in [0.2, 0.25) is 5.95 Å². The first kappa shape index (κ1) is 10.4. The maximum atomic E-state index is 5.50. The molecular weight excluding hydrogens is 202 g/mol. The maximum absolute atomic E-state index is 5.50. The predicted octanol–water partition coefficient (Wildman–Crippen LogP) is 1.63. The number of nitrogens with two attached hydrogens (primary N) is 1. The Balaban J connectivity index is 2.11. The molecule has 0 spiro atoms. The van der Waals surface area contributed by atoms with Crippen molar-refractivity contribution in [3.8, 4) is 0 Å². The van der Waals surface area contributed by atoms with E-state index in [0.717, 1.165) is 5.56 Å². The molecular formula is C11H13N5. The van der Waals surface area contributed by atoms with E-state index in [2.05, 4.69) is 20.3 Å². The Kier molecular flexibility index (Phi) is 2.95. The topological polar surface area (TPSA) is 76.7 Å². The average Bonchev–Trinajstić information content (AvgIpc) is 2.30. The molecule has 2 rings (SSSR count). The Morgan fingerprint density at radius 3 is 2.88 bits per heavy atom. The van der Waals surface area contributed by atoms with Crippen molar-refractivity contribution >= 4 is 11.8 Å². The fourth-order valence-corrected chi connectivity index (χ4v) is 1.39. The van der Waals surface area contributed by atoms with Gasteiger partial charge < -0.3 is 11.1 Å². The largest absolute Gasteiger partial charge is 0.368 e. The molecule has 0 saturated carbocycles. The molecule has 0 saturated heterocycles. The lowest BCUT2D eigenvalue weighted by Crippen LogP contribution is -2.09. The summed E-state index contributed by atoms with van der Waals surface area (Å²) in [6.07, 6.45) is 5.20. The van der Waals surface area contributed by atoms with Gasteiger partial charge in [0.05, 0.1) is 6.04 Å². The van der Waals surface area contributed by atoms with Gasteiger partial charge in [-0.05, 0) is 24.6 Å². The van der Waals surface area contributed by atoms with Crippen molar-refractivity contribution in [1.82, 2.24) is 15.0 Å². The van der Waals surface area contributed by atoms with Crippen LogP contribution in [0.15, 0.2) is 36.8 Å². The molecule has 0 aromatic carbocycles. The van der Waals surface area contributed by atoms with E-state index in [1.807, 2.05) is 25.3 Å². The minimum Gasteiger partial charge on any atom is -0.368 e. The van der Waals surface area contributed by atoms with Crippen LogP contribution in [0.1, 0.15) is 18.5 Å². The highest BCUT2D eigenvalue weighted by Crippen LogP contribution is 2.16. The number of nitrogens with one attached hydrogen (secondary N) is 1. The van der Waals surface area contributed by atoms with Crippen molar-refractivity contribution in [2.75, 3.05) is 11.1 Å². The molecule has 0 aliphatic heterocycles. The molecule has 3 N–H and O–H groups in total. The Labute approximate surface area is 93.8 Å². The van der Waals surface area contributed by atoms with Crippen molar-refractivity contribution in [1.29, 1.82) is 0 Å². The second-order valence-corrected chi connectivity index (χ2v) is 3.45. The molecule has 0 aliphatic rings. The van der Waals surface area contributed by atoms with Crippen LogP contribution in [-0.2, 0) is 0 Å². The molecule has 5 heteroatoms. The Morgan fingerprint density at radius 1 is 1.31 bits per heavy atom.